The number of carbonyl (C=O) groups is 1. The lowest BCUT2D eigenvalue weighted by molar-refractivity contribution is 0.0994. The molecule has 92 valence electrons. The number of hydrogen-bond donors (Lipinski definition) is 0. The molecule has 1 aliphatic heterocycles. The quantitative estimate of drug-likeness (QED) is 0.764. The molecule has 0 spiro atoms. The first-order valence-electron chi connectivity index (χ1n) is 5.65. The Balaban J connectivity index is 2.10. The Kier molecular flexibility index (Phi) is 4.15. The number of carbonyl (C=O) groups excluding carboxylic acids is 1. The first-order valence-corrected chi connectivity index (χ1v) is 7.64. The smallest absolute Gasteiger partial charge is 0.176 e. The van der Waals surface area contributed by atoms with E-state index < -0.39 is 0 Å². The number of rotatable bonds is 2. The van der Waals surface area contributed by atoms with Crippen molar-refractivity contribution in [3.8, 4) is 0 Å². The van der Waals surface area contributed by atoms with Crippen molar-refractivity contribution in [2.45, 2.75) is 29.6 Å². The van der Waals surface area contributed by atoms with Gasteiger partial charge in [-0.1, -0.05) is 26.0 Å². The zero-order valence-corrected chi connectivity index (χ0v) is 11.5. The van der Waals surface area contributed by atoms with Crippen LogP contribution in [0.4, 0.5) is 4.39 Å². The summed E-state index contributed by atoms with van der Waals surface area (Å²) < 4.78 is 13.1. The van der Waals surface area contributed by atoms with E-state index in [1.54, 1.807) is 23.9 Å². The van der Waals surface area contributed by atoms with Gasteiger partial charge in [-0.3, -0.25) is 4.79 Å². The van der Waals surface area contributed by atoms with Gasteiger partial charge in [0.25, 0.3) is 0 Å². The monoisotopic (exact) mass is 270 g/mol. The molecular weight excluding hydrogens is 255 g/mol. The number of benzene rings is 1. The highest BCUT2D eigenvalue weighted by Crippen LogP contribution is 2.36. The zero-order chi connectivity index (χ0) is 12.4. The maximum Gasteiger partial charge on any atom is 0.176 e. The molecule has 0 bridgehead atoms. The van der Waals surface area contributed by atoms with E-state index in [2.05, 4.69) is 13.8 Å². The van der Waals surface area contributed by atoms with Crippen molar-refractivity contribution in [1.29, 1.82) is 0 Å². The van der Waals surface area contributed by atoms with Gasteiger partial charge in [-0.15, -0.1) is 11.8 Å². The molecule has 1 aromatic rings. The van der Waals surface area contributed by atoms with Crippen LogP contribution in [0.1, 0.15) is 24.2 Å². The highest BCUT2D eigenvalue weighted by molar-refractivity contribution is 8.08. The normalized spacial score (nSPS) is 29.0. The van der Waals surface area contributed by atoms with Gasteiger partial charge in [-0.2, -0.15) is 11.8 Å². The van der Waals surface area contributed by atoms with E-state index in [0.717, 1.165) is 5.75 Å². The maximum atomic E-state index is 13.1. The number of hydrogen-bond acceptors (Lipinski definition) is 3. The summed E-state index contributed by atoms with van der Waals surface area (Å²) >= 11 is 3.54. The molecule has 4 heteroatoms. The standard InChI is InChI=1S/C13H15FOS2/c1-8-9(2)17-12(7-16-8)13(15)10-4-3-5-11(14)6-10/h3-6,8-9,12H,7H2,1-2H3. The lowest BCUT2D eigenvalue weighted by Crippen LogP contribution is -2.31. The molecule has 3 unspecified atom stereocenters. The number of thioether (sulfide) groups is 2. The van der Waals surface area contributed by atoms with Crippen LogP contribution < -0.4 is 0 Å². The van der Waals surface area contributed by atoms with Gasteiger partial charge in [-0.05, 0) is 12.1 Å². The number of halogens is 1. The van der Waals surface area contributed by atoms with Crippen molar-refractivity contribution in [3.63, 3.8) is 0 Å². The van der Waals surface area contributed by atoms with Crippen LogP contribution in [0.25, 0.3) is 0 Å². The topological polar surface area (TPSA) is 17.1 Å². The van der Waals surface area contributed by atoms with Gasteiger partial charge in [0, 0.05) is 21.8 Å². The van der Waals surface area contributed by atoms with E-state index in [4.69, 9.17) is 0 Å². The lowest BCUT2D eigenvalue weighted by Gasteiger charge is -2.30. The molecule has 0 N–H and O–H groups in total. The highest BCUT2D eigenvalue weighted by Gasteiger charge is 2.30. The van der Waals surface area contributed by atoms with Crippen LogP contribution in [-0.2, 0) is 0 Å². The molecule has 3 atom stereocenters. The molecule has 0 radical (unpaired) electrons. The van der Waals surface area contributed by atoms with Crippen molar-refractivity contribution < 1.29 is 9.18 Å². The minimum absolute atomic E-state index is 0.0343. The second-order valence-electron chi connectivity index (χ2n) is 4.24. The Morgan fingerprint density at radius 2 is 2.12 bits per heavy atom. The van der Waals surface area contributed by atoms with Crippen LogP contribution in [0.15, 0.2) is 24.3 Å². The Hall–Kier alpha value is -0.480. The van der Waals surface area contributed by atoms with E-state index in [9.17, 15) is 9.18 Å². The average molecular weight is 270 g/mol. The molecule has 0 saturated carbocycles. The van der Waals surface area contributed by atoms with Crippen LogP contribution in [0.5, 0.6) is 0 Å². The van der Waals surface area contributed by atoms with Crippen molar-refractivity contribution in [1.82, 2.24) is 0 Å². The lowest BCUT2D eigenvalue weighted by atomic mass is 10.1. The van der Waals surface area contributed by atoms with Gasteiger partial charge in [0.15, 0.2) is 5.78 Å². The maximum absolute atomic E-state index is 13.1. The van der Waals surface area contributed by atoms with E-state index in [0.29, 0.717) is 16.1 Å². The second-order valence-corrected chi connectivity index (χ2v) is 7.24. The number of Topliss-reactive ketones (excluding diaryl/α,β-unsaturated/α-hetero) is 1. The summed E-state index contributed by atoms with van der Waals surface area (Å²) in [6, 6.07) is 5.98. The molecule has 2 rings (SSSR count). The third-order valence-electron chi connectivity index (χ3n) is 2.95. The molecule has 0 amide bonds. The third-order valence-corrected chi connectivity index (χ3v) is 6.34. The van der Waals surface area contributed by atoms with Crippen molar-refractivity contribution in [2.75, 3.05) is 5.75 Å². The summed E-state index contributed by atoms with van der Waals surface area (Å²) in [4.78, 5) is 12.2. The fourth-order valence-corrected chi connectivity index (χ4v) is 4.63. The Bertz CT molecular complexity index is 422. The Morgan fingerprint density at radius 1 is 1.35 bits per heavy atom. The van der Waals surface area contributed by atoms with Crippen LogP contribution >= 0.6 is 23.5 Å². The number of ketones is 1. The SMILES string of the molecule is CC1SCC(C(=O)c2cccc(F)c2)SC1C. The van der Waals surface area contributed by atoms with Crippen molar-refractivity contribution in [2.24, 2.45) is 0 Å². The predicted octanol–water partition coefficient (Wildman–Crippen LogP) is 3.63. The van der Waals surface area contributed by atoms with Crippen LogP contribution in [-0.4, -0.2) is 27.3 Å². The minimum Gasteiger partial charge on any atom is -0.293 e. The molecule has 1 heterocycles. The Morgan fingerprint density at radius 3 is 2.76 bits per heavy atom. The molecule has 0 aliphatic carbocycles. The van der Waals surface area contributed by atoms with E-state index in [-0.39, 0.29) is 16.9 Å². The van der Waals surface area contributed by atoms with Gasteiger partial charge < -0.3 is 0 Å². The van der Waals surface area contributed by atoms with E-state index in [1.165, 1.54) is 12.1 Å². The molecule has 0 aromatic heterocycles. The molecule has 1 aromatic carbocycles. The molecular formula is C13H15FOS2. The first-order chi connectivity index (χ1) is 8.08. The van der Waals surface area contributed by atoms with Crippen LogP contribution in [0.2, 0.25) is 0 Å². The van der Waals surface area contributed by atoms with Gasteiger partial charge in [0.1, 0.15) is 5.82 Å². The zero-order valence-electron chi connectivity index (χ0n) is 9.85. The summed E-state index contributed by atoms with van der Waals surface area (Å²) in [5.41, 5.74) is 0.491. The largest absolute Gasteiger partial charge is 0.293 e. The summed E-state index contributed by atoms with van der Waals surface area (Å²) in [6.07, 6.45) is 0. The third kappa shape index (κ3) is 3.05. The first kappa shape index (κ1) is 13.0. The summed E-state index contributed by atoms with van der Waals surface area (Å²) in [5.74, 6) is 0.539. The summed E-state index contributed by atoms with van der Waals surface area (Å²) in [5, 5.41) is 1.01. The second kappa shape index (κ2) is 5.44. The fraction of sp³-hybridized carbons (Fsp3) is 0.462. The van der Waals surface area contributed by atoms with Gasteiger partial charge >= 0.3 is 0 Å². The van der Waals surface area contributed by atoms with Crippen LogP contribution in [0.3, 0.4) is 0 Å². The molecule has 17 heavy (non-hydrogen) atoms. The van der Waals surface area contributed by atoms with Crippen molar-refractivity contribution in [3.05, 3.63) is 35.6 Å². The molecule has 1 fully saturated rings. The average Bonchev–Trinajstić information content (AvgIpc) is 2.32. The van der Waals surface area contributed by atoms with Gasteiger partial charge in [0.05, 0.1) is 5.25 Å². The minimum atomic E-state index is -0.342. The van der Waals surface area contributed by atoms with Crippen LogP contribution in [0, 0.1) is 5.82 Å². The highest BCUT2D eigenvalue weighted by atomic mass is 32.2. The molecule has 1 saturated heterocycles. The predicted molar refractivity (Wildman–Crippen MR) is 73.5 cm³/mol. The van der Waals surface area contributed by atoms with E-state index in [1.807, 2.05) is 11.8 Å². The summed E-state index contributed by atoms with van der Waals surface area (Å²) in [6.45, 7) is 4.33. The molecule has 1 aliphatic rings. The van der Waals surface area contributed by atoms with Crippen molar-refractivity contribution >= 4 is 29.3 Å². The molecule has 1 nitrogen and oxygen atoms in total. The summed E-state index contributed by atoms with van der Waals surface area (Å²) in [7, 11) is 0. The fourth-order valence-electron chi connectivity index (χ4n) is 1.75. The van der Waals surface area contributed by atoms with Gasteiger partial charge in [0.2, 0.25) is 0 Å². The van der Waals surface area contributed by atoms with E-state index >= 15 is 0 Å². The Labute approximate surface area is 110 Å². The van der Waals surface area contributed by atoms with Gasteiger partial charge in [-0.25, -0.2) is 4.39 Å².